The first-order valence-electron chi connectivity index (χ1n) is 8.07. The summed E-state index contributed by atoms with van der Waals surface area (Å²) in [6, 6.07) is 16.9. The first-order valence-corrected chi connectivity index (χ1v) is 8.07. The van der Waals surface area contributed by atoms with Gasteiger partial charge in [0.25, 0.3) is 5.56 Å². The second-order valence-electron chi connectivity index (χ2n) is 5.53. The number of carbonyl (C=O) groups is 1. The van der Waals surface area contributed by atoms with Gasteiger partial charge < -0.3 is 9.72 Å². The van der Waals surface area contributed by atoms with E-state index >= 15 is 0 Å². The van der Waals surface area contributed by atoms with E-state index in [0.29, 0.717) is 23.1 Å². The maximum atomic E-state index is 12.0. The van der Waals surface area contributed by atoms with Crippen molar-refractivity contribution < 1.29 is 9.53 Å². The molecule has 0 unspecified atom stereocenters. The summed E-state index contributed by atoms with van der Waals surface area (Å²) in [5, 5.41) is 0.542. The van der Waals surface area contributed by atoms with Crippen LogP contribution in [-0.2, 0) is 16.0 Å². The number of aryl methyl sites for hydroxylation is 1. The Morgan fingerprint density at radius 1 is 1.08 bits per heavy atom. The van der Waals surface area contributed by atoms with Gasteiger partial charge in [0.1, 0.15) is 12.4 Å². The van der Waals surface area contributed by atoms with E-state index in [0.717, 1.165) is 5.56 Å². The van der Waals surface area contributed by atoms with Crippen molar-refractivity contribution in [2.75, 3.05) is 6.61 Å². The van der Waals surface area contributed by atoms with Crippen molar-refractivity contribution in [3.05, 3.63) is 82.4 Å². The Morgan fingerprint density at radius 2 is 1.84 bits per heavy atom. The van der Waals surface area contributed by atoms with Crippen LogP contribution in [-0.4, -0.2) is 22.5 Å². The molecule has 25 heavy (non-hydrogen) atoms. The maximum Gasteiger partial charge on any atom is 0.306 e. The van der Waals surface area contributed by atoms with E-state index in [4.69, 9.17) is 4.74 Å². The second kappa shape index (κ2) is 8.06. The molecule has 5 nitrogen and oxygen atoms in total. The molecule has 0 saturated carbocycles. The largest absolute Gasteiger partial charge is 0.461 e. The molecule has 0 radical (unpaired) electrons. The Morgan fingerprint density at radius 3 is 2.68 bits per heavy atom. The van der Waals surface area contributed by atoms with Crippen molar-refractivity contribution in [2.45, 2.75) is 12.8 Å². The standard InChI is InChI=1S/C20H18N2O3/c23-19(25-14-6-9-15-7-2-1-3-8-15)13-12-18-21-17-11-5-4-10-16(17)20(24)22-18/h1-11H,12-14H2,(H,21,22,24)/b9-6+. The summed E-state index contributed by atoms with van der Waals surface area (Å²) in [6.07, 6.45) is 4.20. The predicted molar refractivity (Wildman–Crippen MR) is 97.1 cm³/mol. The van der Waals surface area contributed by atoms with Crippen molar-refractivity contribution in [1.82, 2.24) is 9.97 Å². The van der Waals surface area contributed by atoms with E-state index in [9.17, 15) is 9.59 Å². The molecule has 0 atom stereocenters. The molecule has 0 fully saturated rings. The second-order valence-corrected chi connectivity index (χ2v) is 5.53. The Labute approximate surface area is 145 Å². The fourth-order valence-corrected chi connectivity index (χ4v) is 2.44. The van der Waals surface area contributed by atoms with E-state index < -0.39 is 0 Å². The van der Waals surface area contributed by atoms with Gasteiger partial charge in [0, 0.05) is 6.42 Å². The van der Waals surface area contributed by atoms with Crippen LogP contribution in [0.15, 0.2) is 65.5 Å². The van der Waals surface area contributed by atoms with Gasteiger partial charge in [0.05, 0.1) is 17.3 Å². The number of ether oxygens (including phenoxy) is 1. The summed E-state index contributed by atoms with van der Waals surface area (Å²) in [4.78, 5) is 30.8. The van der Waals surface area contributed by atoms with Crippen LogP contribution >= 0.6 is 0 Å². The van der Waals surface area contributed by atoms with E-state index in [1.807, 2.05) is 42.5 Å². The van der Waals surface area contributed by atoms with Crippen LogP contribution in [0.2, 0.25) is 0 Å². The lowest BCUT2D eigenvalue weighted by molar-refractivity contribution is -0.142. The highest BCUT2D eigenvalue weighted by molar-refractivity contribution is 5.77. The molecule has 0 saturated heterocycles. The van der Waals surface area contributed by atoms with Crippen molar-refractivity contribution >= 4 is 22.9 Å². The minimum absolute atomic E-state index is 0.167. The van der Waals surface area contributed by atoms with Gasteiger partial charge in [0.2, 0.25) is 0 Å². The van der Waals surface area contributed by atoms with Gasteiger partial charge in [-0.05, 0) is 23.8 Å². The summed E-state index contributed by atoms with van der Waals surface area (Å²) < 4.78 is 5.16. The Balaban J connectivity index is 1.51. The van der Waals surface area contributed by atoms with Crippen LogP contribution < -0.4 is 5.56 Å². The highest BCUT2D eigenvalue weighted by Crippen LogP contribution is 2.07. The molecule has 0 aliphatic heterocycles. The number of benzene rings is 2. The number of esters is 1. The van der Waals surface area contributed by atoms with Crippen molar-refractivity contribution in [2.24, 2.45) is 0 Å². The summed E-state index contributed by atoms with van der Waals surface area (Å²) in [6.45, 7) is 0.218. The number of rotatable bonds is 6. The third kappa shape index (κ3) is 4.64. The number of hydrogen-bond acceptors (Lipinski definition) is 4. The first-order chi connectivity index (χ1) is 12.2. The molecule has 1 N–H and O–H groups in total. The molecule has 1 aromatic heterocycles. The average molecular weight is 334 g/mol. The monoisotopic (exact) mass is 334 g/mol. The fourth-order valence-electron chi connectivity index (χ4n) is 2.44. The smallest absolute Gasteiger partial charge is 0.306 e. The summed E-state index contributed by atoms with van der Waals surface area (Å²) in [5.74, 6) is 0.161. The van der Waals surface area contributed by atoms with E-state index in [-0.39, 0.29) is 24.6 Å². The molecule has 0 aliphatic carbocycles. The van der Waals surface area contributed by atoms with Crippen molar-refractivity contribution in [3.63, 3.8) is 0 Å². The SMILES string of the molecule is O=C(CCc1nc2ccccc2c(=O)[nH]1)OC/C=C/c1ccccc1. The van der Waals surface area contributed by atoms with Crippen molar-refractivity contribution in [3.8, 4) is 0 Å². The van der Waals surface area contributed by atoms with Crippen LogP contribution in [0.1, 0.15) is 17.8 Å². The van der Waals surface area contributed by atoms with Gasteiger partial charge in [-0.1, -0.05) is 48.5 Å². The number of fused-ring (bicyclic) bond motifs is 1. The molecular weight excluding hydrogens is 316 g/mol. The quantitative estimate of drug-likeness (QED) is 0.703. The number of hydrogen-bond donors (Lipinski definition) is 1. The van der Waals surface area contributed by atoms with Gasteiger partial charge in [-0.25, -0.2) is 4.98 Å². The lowest BCUT2D eigenvalue weighted by Crippen LogP contribution is -2.14. The van der Waals surface area contributed by atoms with Crippen LogP contribution in [0, 0.1) is 0 Å². The third-order valence-corrected chi connectivity index (χ3v) is 3.68. The van der Waals surface area contributed by atoms with Gasteiger partial charge >= 0.3 is 5.97 Å². The molecule has 3 rings (SSSR count). The van der Waals surface area contributed by atoms with Gasteiger partial charge in [-0.15, -0.1) is 0 Å². The molecule has 1 heterocycles. The Bertz CT molecular complexity index is 946. The molecule has 0 amide bonds. The Hall–Kier alpha value is -3.21. The fraction of sp³-hybridized carbons (Fsp3) is 0.150. The number of aromatic amines is 1. The summed E-state index contributed by atoms with van der Waals surface area (Å²) in [5.41, 5.74) is 1.48. The lowest BCUT2D eigenvalue weighted by Gasteiger charge is -2.03. The number of nitrogens with one attached hydrogen (secondary N) is 1. The Kier molecular flexibility index (Phi) is 5.36. The molecular formula is C20H18N2O3. The van der Waals surface area contributed by atoms with Crippen LogP contribution in [0.25, 0.3) is 17.0 Å². The van der Waals surface area contributed by atoms with Gasteiger partial charge in [0.15, 0.2) is 0 Å². The molecule has 126 valence electrons. The zero-order valence-corrected chi connectivity index (χ0v) is 13.6. The molecule has 0 aliphatic rings. The molecule has 0 spiro atoms. The highest BCUT2D eigenvalue weighted by Gasteiger charge is 2.07. The highest BCUT2D eigenvalue weighted by atomic mass is 16.5. The third-order valence-electron chi connectivity index (χ3n) is 3.68. The zero-order chi connectivity index (χ0) is 17.5. The number of nitrogens with zero attached hydrogens (tertiary/aromatic N) is 1. The average Bonchev–Trinajstić information content (AvgIpc) is 2.64. The zero-order valence-electron chi connectivity index (χ0n) is 13.6. The molecule has 5 heteroatoms. The molecule has 0 bridgehead atoms. The number of H-pyrrole nitrogens is 1. The minimum Gasteiger partial charge on any atom is -0.461 e. The van der Waals surface area contributed by atoms with E-state index in [1.54, 1.807) is 24.3 Å². The van der Waals surface area contributed by atoms with Crippen LogP contribution in [0.3, 0.4) is 0 Å². The number of aromatic nitrogens is 2. The minimum atomic E-state index is -0.325. The topological polar surface area (TPSA) is 72.0 Å². The van der Waals surface area contributed by atoms with Crippen LogP contribution in [0.4, 0.5) is 0 Å². The first kappa shape index (κ1) is 16.6. The normalized spacial score (nSPS) is 11.0. The van der Waals surface area contributed by atoms with E-state index in [2.05, 4.69) is 9.97 Å². The maximum absolute atomic E-state index is 12.0. The molecule has 2 aromatic carbocycles. The molecule has 3 aromatic rings. The van der Waals surface area contributed by atoms with Crippen molar-refractivity contribution in [1.29, 1.82) is 0 Å². The number of carbonyl (C=O) groups excluding carboxylic acids is 1. The van der Waals surface area contributed by atoms with Crippen LogP contribution in [0.5, 0.6) is 0 Å². The lowest BCUT2D eigenvalue weighted by atomic mass is 10.2. The predicted octanol–water partition coefficient (Wildman–Crippen LogP) is 3.11. The summed E-state index contributed by atoms with van der Waals surface area (Å²) >= 11 is 0. The summed E-state index contributed by atoms with van der Waals surface area (Å²) in [7, 11) is 0. The van der Waals surface area contributed by atoms with Gasteiger partial charge in [-0.2, -0.15) is 0 Å². The van der Waals surface area contributed by atoms with Gasteiger partial charge in [-0.3, -0.25) is 9.59 Å². The number of para-hydroxylation sites is 1. The van der Waals surface area contributed by atoms with E-state index in [1.165, 1.54) is 0 Å².